The quantitative estimate of drug-likeness (QED) is 0.171. The summed E-state index contributed by atoms with van der Waals surface area (Å²) in [6, 6.07) is 48.6. The monoisotopic (exact) mass is 506 g/mol. The Bertz CT molecular complexity index is 1310. The Labute approximate surface area is 217 Å². The minimum atomic E-state index is -3.14. The van der Waals surface area contributed by atoms with E-state index in [4.69, 9.17) is 4.52 Å². The van der Waals surface area contributed by atoms with Gasteiger partial charge in [-0.1, -0.05) is 0 Å². The first-order chi connectivity index (χ1) is 17.8. The minimum absolute atomic E-state index is 0.297. The fourth-order valence-electron chi connectivity index (χ4n) is 4.39. The van der Waals surface area contributed by atoms with Gasteiger partial charge < -0.3 is 0 Å². The third kappa shape index (κ3) is 5.14. The maximum atomic E-state index is 14.0. The summed E-state index contributed by atoms with van der Waals surface area (Å²) < 4.78 is 6.76. The molecule has 0 radical (unpaired) electrons. The van der Waals surface area contributed by atoms with E-state index < -0.39 is 7.49 Å². The fraction of sp³-hybridized carbons (Fsp3) is 0.0312. The first-order valence-corrected chi connectivity index (χ1v) is 14.8. The first-order valence-electron chi connectivity index (χ1n) is 11.9. The molecule has 0 aliphatic carbocycles. The van der Waals surface area contributed by atoms with Crippen LogP contribution in [-0.2, 0) is 10.3 Å². The van der Waals surface area contributed by atoms with Crippen LogP contribution in [0.2, 0.25) is 0 Å². The summed E-state index contributed by atoms with van der Waals surface area (Å²) in [4.78, 5) is 14.9. The van der Waals surface area contributed by atoms with Crippen LogP contribution in [0.4, 0.5) is 0 Å². The summed E-state index contributed by atoms with van der Waals surface area (Å²) in [5.41, 5.74) is 1.81. The number of rotatable bonds is 8. The van der Waals surface area contributed by atoms with Crippen LogP contribution in [0.3, 0.4) is 0 Å². The van der Waals surface area contributed by atoms with Gasteiger partial charge in [0.05, 0.1) is 0 Å². The van der Waals surface area contributed by atoms with Gasteiger partial charge in [-0.15, -0.1) is 0 Å². The van der Waals surface area contributed by atoms with E-state index in [1.807, 2.05) is 97.1 Å². The zero-order valence-electron chi connectivity index (χ0n) is 19.8. The van der Waals surface area contributed by atoms with Gasteiger partial charge in [0.2, 0.25) is 0 Å². The number of benzene rings is 5. The molecule has 5 rings (SSSR count). The number of thioether (sulfide) groups is 1. The van der Waals surface area contributed by atoms with Crippen molar-refractivity contribution in [3.8, 4) is 0 Å². The van der Waals surface area contributed by atoms with E-state index >= 15 is 0 Å². The molecule has 0 N–H and O–H groups in total. The average molecular weight is 507 g/mol. The third-order valence-corrected chi connectivity index (χ3v) is 11.2. The van der Waals surface area contributed by atoms with Gasteiger partial charge in [0.1, 0.15) is 0 Å². The molecule has 2 nitrogen and oxygen atoms in total. The molecule has 0 aromatic heterocycles. The molecule has 0 fully saturated rings. The average Bonchev–Trinajstić information content (AvgIpc) is 2.97. The molecule has 178 valence electrons. The molecule has 0 aliphatic rings. The standard InChI is InChI=1S/C32H27O2PS/c33-32(30-23-13-14-24-31(30)36-25-26-15-5-1-6-16-26)34-35(27-17-7-2-8-18-27,28-19-9-3-10-20-28)29-21-11-4-12-22-29/h1-24,35H,25H2. The molecule has 0 atom stereocenters. The summed E-state index contributed by atoms with van der Waals surface area (Å²) in [5.74, 6) is 0.485. The van der Waals surface area contributed by atoms with Crippen LogP contribution in [-0.4, -0.2) is 5.97 Å². The Kier molecular flexibility index (Phi) is 7.61. The molecule has 4 heteroatoms. The molecular formula is C32H27O2PS. The molecule has 0 bridgehead atoms. The van der Waals surface area contributed by atoms with Crippen LogP contribution in [0, 0.1) is 0 Å². The van der Waals surface area contributed by atoms with Crippen LogP contribution in [0.1, 0.15) is 15.9 Å². The van der Waals surface area contributed by atoms with Gasteiger partial charge in [0, 0.05) is 0 Å². The van der Waals surface area contributed by atoms with Gasteiger partial charge in [-0.3, -0.25) is 0 Å². The molecular weight excluding hydrogens is 479 g/mol. The molecule has 5 aromatic rings. The van der Waals surface area contributed by atoms with E-state index in [0.29, 0.717) is 5.56 Å². The van der Waals surface area contributed by atoms with Crippen molar-refractivity contribution in [2.45, 2.75) is 10.6 Å². The Morgan fingerprint density at radius 1 is 0.556 bits per heavy atom. The van der Waals surface area contributed by atoms with E-state index in [-0.39, 0.29) is 5.97 Å². The van der Waals surface area contributed by atoms with Crippen molar-refractivity contribution < 1.29 is 9.32 Å². The summed E-state index contributed by atoms with van der Waals surface area (Å²) in [6.07, 6.45) is 0. The van der Waals surface area contributed by atoms with Crippen LogP contribution in [0.25, 0.3) is 0 Å². The predicted octanol–water partition coefficient (Wildman–Crippen LogP) is 6.78. The number of hydrogen-bond donors (Lipinski definition) is 0. The summed E-state index contributed by atoms with van der Waals surface area (Å²) in [7, 11) is -3.14. The molecule has 0 aliphatic heterocycles. The topological polar surface area (TPSA) is 26.3 Å². The summed E-state index contributed by atoms with van der Waals surface area (Å²) >= 11 is 1.66. The second kappa shape index (κ2) is 11.4. The Morgan fingerprint density at radius 3 is 1.47 bits per heavy atom. The van der Waals surface area contributed by atoms with Gasteiger partial charge in [-0.05, 0) is 0 Å². The molecule has 0 spiro atoms. The molecule has 0 heterocycles. The Balaban J connectivity index is 1.58. The van der Waals surface area contributed by atoms with Crippen LogP contribution < -0.4 is 15.9 Å². The number of carbonyl (C=O) groups is 1. The first kappa shape index (κ1) is 24.1. The van der Waals surface area contributed by atoms with Crippen molar-refractivity contribution in [1.82, 2.24) is 0 Å². The van der Waals surface area contributed by atoms with Crippen molar-refractivity contribution >= 4 is 41.1 Å². The van der Waals surface area contributed by atoms with Crippen LogP contribution in [0.5, 0.6) is 0 Å². The number of hydrogen-bond acceptors (Lipinski definition) is 3. The van der Waals surface area contributed by atoms with Crippen LogP contribution in [0.15, 0.2) is 150 Å². The molecule has 0 amide bonds. The molecule has 5 aromatic carbocycles. The summed E-state index contributed by atoms with van der Waals surface area (Å²) in [6.45, 7) is 0. The zero-order chi connectivity index (χ0) is 24.6. The fourth-order valence-corrected chi connectivity index (χ4v) is 9.11. The zero-order valence-corrected chi connectivity index (χ0v) is 21.6. The van der Waals surface area contributed by atoms with E-state index in [9.17, 15) is 4.79 Å². The molecule has 0 saturated heterocycles. The van der Waals surface area contributed by atoms with Gasteiger partial charge in [0.15, 0.2) is 0 Å². The van der Waals surface area contributed by atoms with E-state index in [1.54, 1.807) is 11.8 Å². The molecule has 0 saturated carbocycles. The maximum absolute atomic E-state index is 14.0. The Hall–Kier alpha value is -3.65. The van der Waals surface area contributed by atoms with E-state index in [1.165, 1.54) is 5.56 Å². The van der Waals surface area contributed by atoms with Crippen molar-refractivity contribution in [3.63, 3.8) is 0 Å². The molecule has 36 heavy (non-hydrogen) atoms. The van der Waals surface area contributed by atoms with Crippen molar-refractivity contribution in [2.24, 2.45) is 0 Å². The van der Waals surface area contributed by atoms with Gasteiger partial charge in [-0.2, -0.15) is 0 Å². The van der Waals surface area contributed by atoms with Crippen molar-refractivity contribution in [3.05, 3.63) is 157 Å². The second-order valence-electron chi connectivity index (χ2n) is 8.44. The summed E-state index contributed by atoms with van der Waals surface area (Å²) in [5, 5.41) is 3.10. The predicted molar refractivity (Wildman–Crippen MR) is 154 cm³/mol. The van der Waals surface area contributed by atoms with Gasteiger partial charge in [0.25, 0.3) is 0 Å². The second-order valence-corrected chi connectivity index (χ2v) is 12.8. The van der Waals surface area contributed by atoms with E-state index in [0.717, 1.165) is 26.6 Å². The third-order valence-electron chi connectivity index (χ3n) is 6.13. The van der Waals surface area contributed by atoms with Gasteiger partial charge in [-0.25, -0.2) is 0 Å². The van der Waals surface area contributed by atoms with Crippen molar-refractivity contribution in [2.75, 3.05) is 0 Å². The van der Waals surface area contributed by atoms with Crippen LogP contribution >= 0.6 is 19.3 Å². The van der Waals surface area contributed by atoms with Gasteiger partial charge >= 0.3 is 218 Å². The van der Waals surface area contributed by atoms with E-state index in [2.05, 4.69) is 48.5 Å². The Morgan fingerprint density at radius 2 is 0.972 bits per heavy atom. The van der Waals surface area contributed by atoms with Crippen molar-refractivity contribution in [1.29, 1.82) is 0 Å². The number of carbonyl (C=O) groups excluding carboxylic acids is 1. The normalized spacial score (nSPS) is 11.6. The molecule has 0 unspecified atom stereocenters. The SMILES string of the molecule is O=C(O[PH](c1ccccc1)(c1ccccc1)c1ccccc1)c1ccccc1SCc1ccccc1.